The zero-order chi connectivity index (χ0) is 13.1. The van der Waals surface area contributed by atoms with Crippen molar-refractivity contribution in [2.45, 2.75) is 25.3 Å². The molecule has 1 aliphatic rings. The molecule has 0 heterocycles. The summed E-state index contributed by atoms with van der Waals surface area (Å²) in [6.07, 6.45) is 3.56. The van der Waals surface area contributed by atoms with Crippen LogP contribution in [-0.2, 0) is 0 Å². The summed E-state index contributed by atoms with van der Waals surface area (Å²) in [7, 11) is 4.90. The number of hydrogen-bond donors (Lipinski definition) is 1. The Balaban J connectivity index is 0.00000180. The topological polar surface area (TPSA) is 53.7 Å². The van der Waals surface area contributed by atoms with E-state index in [9.17, 15) is 0 Å². The van der Waals surface area contributed by atoms with Gasteiger partial charge in [-0.3, -0.25) is 0 Å². The van der Waals surface area contributed by atoms with Crippen molar-refractivity contribution < 1.29 is 14.2 Å². The second-order valence-electron chi connectivity index (χ2n) is 4.73. The summed E-state index contributed by atoms with van der Waals surface area (Å²) in [6.45, 7) is 0. The molecule has 4 nitrogen and oxygen atoms in total. The Bertz CT molecular complexity index is 396. The summed E-state index contributed by atoms with van der Waals surface area (Å²) in [5, 5.41) is 0. The van der Waals surface area contributed by atoms with E-state index >= 15 is 0 Å². The zero-order valence-electron chi connectivity index (χ0n) is 11.6. The van der Waals surface area contributed by atoms with Crippen LogP contribution < -0.4 is 19.9 Å². The lowest BCUT2D eigenvalue weighted by atomic mass is 9.99. The fourth-order valence-corrected chi connectivity index (χ4v) is 2.23. The van der Waals surface area contributed by atoms with E-state index in [0.29, 0.717) is 5.75 Å². The molecular weight excluding hydrogens is 266 g/mol. The van der Waals surface area contributed by atoms with Crippen molar-refractivity contribution in [2.24, 2.45) is 11.7 Å². The summed E-state index contributed by atoms with van der Waals surface area (Å²) in [6, 6.07) is 3.66. The average molecular weight is 288 g/mol. The van der Waals surface area contributed by atoms with Gasteiger partial charge in [-0.1, -0.05) is 12.8 Å². The molecule has 0 spiro atoms. The minimum Gasteiger partial charge on any atom is -0.496 e. The van der Waals surface area contributed by atoms with Gasteiger partial charge < -0.3 is 19.9 Å². The van der Waals surface area contributed by atoms with Crippen molar-refractivity contribution in [1.29, 1.82) is 0 Å². The summed E-state index contributed by atoms with van der Waals surface area (Å²) in [5.41, 5.74) is 7.22. The van der Waals surface area contributed by atoms with Crippen molar-refractivity contribution in [3.8, 4) is 17.2 Å². The van der Waals surface area contributed by atoms with Crippen LogP contribution in [0.2, 0.25) is 0 Å². The van der Waals surface area contributed by atoms with Crippen LogP contribution in [-0.4, -0.2) is 21.3 Å². The third-order valence-corrected chi connectivity index (χ3v) is 3.41. The summed E-state index contributed by atoms with van der Waals surface area (Å²) < 4.78 is 16.1. The maximum atomic E-state index is 6.28. The monoisotopic (exact) mass is 287 g/mol. The SMILES string of the molecule is COc1cc(OC)c([C@H](N)CC2CC2)c(OC)c1.Cl. The maximum Gasteiger partial charge on any atom is 0.131 e. The molecule has 2 rings (SSSR count). The van der Waals surface area contributed by atoms with Crippen LogP contribution >= 0.6 is 12.4 Å². The van der Waals surface area contributed by atoms with Crippen LogP contribution in [0.4, 0.5) is 0 Å². The Kier molecular flexibility index (Phi) is 5.76. The number of rotatable bonds is 6. The molecule has 0 amide bonds. The molecule has 1 aromatic rings. The highest BCUT2D eigenvalue weighted by Gasteiger charge is 2.28. The van der Waals surface area contributed by atoms with Gasteiger partial charge in [-0.15, -0.1) is 12.4 Å². The molecule has 1 atom stereocenters. The van der Waals surface area contributed by atoms with Gasteiger partial charge in [-0.25, -0.2) is 0 Å². The Hall–Kier alpha value is -1.13. The highest BCUT2D eigenvalue weighted by atomic mass is 35.5. The highest BCUT2D eigenvalue weighted by molar-refractivity contribution is 5.85. The molecule has 1 saturated carbocycles. The van der Waals surface area contributed by atoms with Gasteiger partial charge in [0.25, 0.3) is 0 Å². The quantitative estimate of drug-likeness (QED) is 0.874. The standard InChI is InChI=1S/C14H21NO3.ClH/c1-16-10-7-12(17-2)14(13(8-10)18-3)11(15)6-9-4-5-9;/h7-9,11H,4-6,15H2,1-3H3;1H/t11-;/m1./s1. The van der Waals surface area contributed by atoms with E-state index in [1.165, 1.54) is 12.8 Å². The van der Waals surface area contributed by atoms with E-state index in [-0.39, 0.29) is 18.4 Å². The number of halogens is 1. The number of benzene rings is 1. The van der Waals surface area contributed by atoms with Crippen LogP contribution in [0, 0.1) is 5.92 Å². The second-order valence-corrected chi connectivity index (χ2v) is 4.73. The molecule has 1 aliphatic carbocycles. The summed E-state index contributed by atoms with van der Waals surface area (Å²) in [4.78, 5) is 0. The van der Waals surface area contributed by atoms with Crippen molar-refractivity contribution >= 4 is 12.4 Å². The Labute approximate surface area is 120 Å². The first-order valence-electron chi connectivity index (χ1n) is 6.25. The van der Waals surface area contributed by atoms with Crippen LogP contribution in [0.15, 0.2) is 12.1 Å². The van der Waals surface area contributed by atoms with Crippen molar-refractivity contribution in [3.05, 3.63) is 17.7 Å². The van der Waals surface area contributed by atoms with E-state index in [1.807, 2.05) is 12.1 Å². The largest absolute Gasteiger partial charge is 0.496 e. The molecule has 0 bridgehead atoms. The fraction of sp³-hybridized carbons (Fsp3) is 0.571. The molecule has 0 aromatic heterocycles. The average Bonchev–Trinajstić information content (AvgIpc) is 3.20. The summed E-state index contributed by atoms with van der Waals surface area (Å²) in [5.74, 6) is 2.95. The normalized spacial score (nSPS) is 15.4. The molecular formula is C14H22ClNO3. The molecule has 0 aliphatic heterocycles. The van der Waals surface area contributed by atoms with Gasteiger partial charge in [0.05, 0.1) is 26.9 Å². The molecule has 5 heteroatoms. The Morgan fingerprint density at radius 2 is 1.63 bits per heavy atom. The first kappa shape index (κ1) is 15.9. The second kappa shape index (κ2) is 6.87. The minimum atomic E-state index is -0.0479. The van der Waals surface area contributed by atoms with Crippen molar-refractivity contribution in [3.63, 3.8) is 0 Å². The van der Waals surface area contributed by atoms with Gasteiger partial charge in [0.1, 0.15) is 17.2 Å². The van der Waals surface area contributed by atoms with Crippen LogP contribution in [0.1, 0.15) is 30.9 Å². The molecule has 108 valence electrons. The summed E-state index contributed by atoms with van der Waals surface area (Å²) >= 11 is 0. The third kappa shape index (κ3) is 3.67. The van der Waals surface area contributed by atoms with Gasteiger partial charge in [0.2, 0.25) is 0 Å². The van der Waals surface area contributed by atoms with E-state index in [1.54, 1.807) is 21.3 Å². The lowest BCUT2D eigenvalue weighted by Gasteiger charge is -2.19. The van der Waals surface area contributed by atoms with Crippen molar-refractivity contribution in [2.75, 3.05) is 21.3 Å². The smallest absolute Gasteiger partial charge is 0.131 e. The highest BCUT2D eigenvalue weighted by Crippen LogP contribution is 2.43. The van der Waals surface area contributed by atoms with Gasteiger partial charge in [-0.2, -0.15) is 0 Å². The van der Waals surface area contributed by atoms with Crippen LogP contribution in [0.3, 0.4) is 0 Å². The third-order valence-electron chi connectivity index (χ3n) is 3.41. The van der Waals surface area contributed by atoms with Gasteiger partial charge in [-0.05, 0) is 12.3 Å². The van der Waals surface area contributed by atoms with Crippen molar-refractivity contribution in [1.82, 2.24) is 0 Å². The molecule has 1 aromatic carbocycles. The number of ether oxygens (including phenoxy) is 3. The number of hydrogen-bond acceptors (Lipinski definition) is 4. The van der Waals surface area contributed by atoms with E-state index in [0.717, 1.165) is 29.4 Å². The van der Waals surface area contributed by atoms with Crippen LogP contribution in [0.5, 0.6) is 17.2 Å². The Morgan fingerprint density at radius 1 is 1.11 bits per heavy atom. The zero-order valence-corrected chi connectivity index (χ0v) is 12.5. The minimum absolute atomic E-state index is 0. The molecule has 0 radical (unpaired) electrons. The number of nitrogens with two attached hydrogens (primary N) is 1. The van der Waals surface area contributed by atoms with E-state index in [4.69, 9.17) is 19.9 Å². The molecule has 19 heavy (non-hydrogen) atoms. The molecule has 0 saturated heterocycles. The predicted molar refractivity (Wildman–Crippen MR) is 77.6 cm³/mol. The first-order chi connectivity index (χ1) is 8.69. The lowest BCUT2D eigenvalue weighted by Crippen LogP contribution is -2.14. The maximum absolute atomic E-state index is 6.28. The van der Waals surface area contributed by atoms with Gasteiger partial charge in [0.15, 0.2) is 0 Å². The molecule has 0 unspecified atom stereocenters. The fourth-order valence-electron chi connectivity index (χ4n) is 2.23. The molecule has 1 fully saturated rings. The predicted octanol–water partition coefficient (Wildman–Crippen LogP) is 2.93. The van der Waals surface area contributed by atoms with Crippen LogP contribution in [0.25, 0.3) is 0 Å². The first-order valence-corrected chi connectivity index (χ1v) is 6.25. The Morgan fingerprint density at radius 3 is 2.00 bits per heavy atom. The van der Waals surface area contributed by atoms with Gasteiger partial charge in [0, 0.05) is 18.2 Å². The van der Waals surface area contributed by atoms with E-state index < -0.39 is 0 Å². The van der Waals surface area contributed by atoms with Gasteiger partial charge >= 0.3 is 0 Å². The van der Waals surface area contributed by atoms with E-state index in [2.05, 4.69) is 0 Å². The molecule has 2 N–H and O–H groups in total. The lowest BCUT2D eigenvalue weighted by molar-refractivity contribution is 0.361. The number of methoxy groups -OCH3 is 3.